The number of hydrogen-bond donors (Lipinski definition) is 1. The molecule has 1 heterocycles. The Labute approximate surface area is 95.2 Å². The number of hydrogen-bond acceptors (Lipinski definition) is 2. The predicted molar refractivity (Wildman–Crippen MR) is 66.9 cm³/mol. The highest BCUT2D eigenvalue weighted by Gasteiger charge is 2.21. The van der Waals surface area contributed by atoms with Crippen molar-refractivity contribution in [3.05, 3.63) is 0 Å². The molecule has 0 spiro atoms. The highest BCUT2D eigenvalue weighted by molar-refractivity contribution is 4.77. The second kappa shape index (κ2) is 6.49. The molecule has 0 aromatic rings. The van der Waals surface area contributed by atoms with E-state index in [0.29, 0.717) is 6.04 Å². The Morgan fingerprint density at radius 3 is 2.27 bits per heavy atom. The van der Waals surface area contributed by atoms with Gasteiger partial charge in [-0.2, -0.15) is 0 Å². The Hall–Kier alpha value is -0.0800. The smallest absolute Gasteiger partial charge is 0.00397 e. The number of rotatable bonds is 5. The third kappa shape index (κ3) is 4.98. The predicted octanol–water partition coefficient (Wildman–Crippen LogP) is 2.48. The Kier molecular flexibility index (Phi) is 5.62. The van der Waals surface area contributed by atoms with Gasteiger partial charge >= 0.3 is 0 Å². The molecule has 1 atom stereocenters. The van der Waals surface area contributed by atoms with Crippen molar-refractivity contribution in [2.45, 2.75) is 52.5 Å². The molecule has 0 bridgehead atoms. The van der Waals surface area contributed by atoms with Crippen LogP contribution < -0.4 is 5.73 Å². The van der Waals surface area contributed by atoms with Crippen LogP contribution in [0.3, 0.4) is 0 Å². The fraction of sp³-hybridized carbons (Fsp3) is 1.00. The van der Waals surface area contributed by atoms with Crippen LogP contribution in [0.1, 0.15) is 46.5 Å². The Balaban J connectivity index is 2.09. The van der Waals surface area contributed by atoms with E-state index >= 15 is 0 Å². The van der Waals surface area contributed by atoms with Crippen molar-refractivity contribution in [1.82, 2.24) is 4.90 Å². The first-order chi connectivity index (χ1) is 7.09. The quantitative estimate of drug-likeness (QED) is 0.758. The largest absolute Gasteiger partial charge is 0.328 e. The van der Waals surface area contributed by atoms with Crippen LogP contribution >= 0.6 is 0 Å². The van der Waals surface area contributed by atoms with E-state index in [1.54, 1.807) is 0 Å². The molecule has 1 aliphatic rings. The first-order valence-corrected chi connectivity index (χ1v) is 6.57. The summed E-state index contributed by atoms with van der Waals surface area (Å²) in [5, 5.41) is 0. The van der Waals surface area contributed by atoms with Gasteiger partial charge in [-0.15, -0.1) is 0 Å². The van der Waals surface area contributed by atoms with E-state index < -0.39 is 0 Å². The Morgan fingerprint density at radius 2 is 1.80 bits per heavy atom. The van der Waals surface area contributed by atoms with Crippen LogP contribution in [-0.4, -0.2) is 30.6 Å². The van der Waals surface area contributed by atoms with Gasteiger partial charge in [-0.25, -0.2) is 0 Å². The summed E-state index contributed by atoms with van der Waals surface area (Å²) in [5.41, 5.74) is 5.93. The molecule has 1 aliphatic heterocycles. The van der Waals surface area contributed by atoms with E-state index in [4.69, 9.17) is 5.73 Å². The van der Waals surface area contributed by atoms with Gasteiger partial charge in [0.1, 0.15) is 0 Å². The summed E-state index contributed by atoms with van der Waals surface area (Å²) >= 11 is 0. The molecular formula is C13H28N2. The molecule has 0 saturated carbocycles. The standard InChI is InChI=1S/C13H28N2/c1-11(2)5-4-8-15-9-6-13(7-10-15)12(3)14/h11-13H,4-10,14H2,1-3H3. The number of nitrogens with zero attached hydrogens (tertiary/aromatic N) is 1. The lowest BCUT2D eigenvalue weighted by molar-refractivity contribution is 0.168. The average molecular weight is 212 g/mol. The molecule has 1 rings (SSSR count). The van der Waals surface area contributed by atoms with Gasteiger partial charge in [-0.3, -0.25) is 0 Å². The van der Waals surface area contributed by atoms with Crippen LogP contribution in [0.25, 0.3) is 0 Å². The molecule has 0 aliphatic carbocycles. The third-order valence-electron chi connectivity index (χ3n) is 3.63. The molecule has 90 valence electrons. The molecule has 15 heavy (non-hydrogen) atoms. The van der Waals surface area contributed by atoms with E-state index in [0.717, 1.165) is 11.8 Å². The maximum Gasteiger partial charge on any atom is 0.00397 e. The van der Waals surface area contributed by atoms with E-state index in [9.17, 15) is 0 Å². The first-order valence-electron chi connectivity index (χ1n) is 6.57. The lowest BCUT2D eigenvalue weighted by atomic mass is 9.91. The van der Waals surface area contributed by atoms with E-state index in [1.807, 2.05) is 0 Å². The van der Waals surface area contributed by atoms with Crippen molar-refractivity contribution < 1.29 is 0 Å². The fourth-order valence-electron chi connectivity index (χ4n) is 2.43. The van der Waals surface area contributed by atoms with Crippen molar-refractivity contribution in [1.29, 1.82) is 0 Å². The van der Waals surface area contributed by atoms with Crippen molar-refractivity contribution in [2.24, 2.45) is 17.6 Å². The lowest BCUT2D eigenvalue weighted by Crippen LogP contribution is -2.40. The van der Waals surface area contributed by atoms with Gasteiger partial charge in [0.25, 0.3) is 0 Å². The van der Waals surface area contributed by atoms with Crippen molar-refractivity contribution in [3.63, 3.8) is 0 Å². The fourth-order valence-corrected chi connectivity index (χ4v) is 2.43. The summed E-state index contributed by atoms with van der Waals surface area (Å²) in [7, 11) is 0. The third-order valence-corrected chi connectivity index (χ3v) is 3.63. The molecule has 1 unspecified atom stereocenters. The maximum atomic E-state index is 5.93. The minimum atomic E-state index is 0.391. The molecule has 2 N–H and O–H groups in total. The molecule has 1 saturated heterocycles. The van der Waals surface area contributed by atoms with Crippen LogP contribution in [0.5, 0.6) is 0 Å². The average Bonchev–Trinajstić information content (AvgIpc) is 2.18. The highest BCUT2D eigenvalue weighted by Crippen LogP contribution is 2.19. The van der Waals surface area contributed by atoms with Gasteiger partial charge in [0.2, 0.25) is 0 Å². The normalized spacial score (nSPS) is 22.2. The van der Waals surface area contributed by atoms with E-state index in [-0.39, 0.29) is 0 Å². The molecule has 0 aromatic carbocycles. The van der Waals surface area contributed by atoms with Crippen LogP contribution in [0.2, 0.25) is 0 Å². The summed E-state index contributed by atoms with van der Waals surface area (Å²) in [6, 6.07) is 0.391. The summed E-state index contributed by atoms with van der Waals surface area (Å²) < 4.78 is 0. The summed E-state index contributed by atoms with van der Waals surface area (Å²) in [4.78, 5) is 2.61. The van der Waals surface area contributed by atoms with Gasteiger partial charge in [0.05, 0.1) is 0 Å². The molecule has 2 heteroatoms. The van der Waals surface area contributed by atoms with Crippen molar-refractivity contribution in [2.75, 3.05) is 19.6 Å². The summed E-state index contributed by atoms with van der Waals surface area (Å²) in [5.74, 6) is 1.62. The van der Waals surface area contributed by atoms with Crippen LogP contribution in [-0.2, 0) is 0 Å². The molecule has 2 nitrogen and oxygen atoms in total. The number of likely N-dealkylation sites (tertiary alicyclic amines) is 1. The Morgan fingerprint density at radius 1 is 1.20 bits per heavy atom. The van der Waals surface area contributed by atoms with Crippen LogP contribution in [0, 0.1) is 11.8 Å². The monoisotopic (exact) mass is 212 g/mol. The zero-order valence-electron chi connectivity index (χ0n) is 10.7. The summed E-state index contributed by atoms with van der Waals surface area (Å²) in [6.45, 7) is 10.6. The van der Waals surface area contributed by atoms with Gasteiger partial charge in [-0.05, 0) is 64.1 Å². The van der Waals surface area contributed by atoms with Gasteiger partial charge in [-0.1, -0.05) is 13.8 Å². The lowest BCUT2D eigenvalue weighted by Gasteiger charge is -2.33. The molecule has 0 amide bonds. The van der Waals surface area contributed by atoms with E-state index in [1.165, 1.54) is 45.3 Å². The van der Waals surface area contributed by atoms with Crippen molar-refractivity contribution in [3.8, 4) is 0 Å². The second-order valence-corrected chi connectivity index (χ2v) is 5.57. The zero-order valence-corrected chi connectivity index (χ0v) is 10.7. The maximum absolute atomic E-state index is 5.93. The molecule has 1 fully saturated rings. The summed E-state index contributed by atoms with van der Waals surface area (Å²) in [6.07, 6.45) is 5.34. The first kappa shape index (κ1) is 13.0. The molecular weight excluding hydrogens is 184 g/mol. The van der Waals surface area contributed by atoms with E-state index in [2.05, 4.69) is 25.7 Å². The number of nitrogens with two attached hydrogens (primary N) is 1. The zero-order chi connectivity index (χ0) is 11.3. The van der Waals surface area contributed by atoms with Gasteiger partial charge in [0, 0.05) is 6.04 Å². The van der Waals surface area contributed by atoms with Crippen molar-refractivity contribution >= 4 is 0 Å². The molecule has 0 radical (unpaired) electrons. The van der Waals surface area contributed by atoms with Gasteiger partial charge in [0.15, 0.2) is 0 Å². The van der Waals surface area contributed by atoms with Gasteiger partial charge < -0.3 is 10.6 Å². The number of piperidine rings is 1. The van der Waals surface area contributed by atoms with Crippen LogP contribution in [0.15, 0.2) is 0 Å². The molecule has 0 aromatic heterocycles. The SMILES string of the molecule is CC(C)CCCN1CCC(C(C)N)CC1. The highest BCUT2D eigenvalue weighted by atomic mass is 15.1. The second-order valence-electron chi connectivity index (χ2n) is 5.57. The minimum absolute atomic E-state index is 0.391. The topological polar surface area (TPSA) is 29.3 Å². The Bertz CT molecular complexity index is 155. The van der Waals surface area contributed by atoms with Crippen LogP contribution in [0.4, 0.5) is 0 Å². The minimum Gasteiger partial charge on any atom is -0.328 e.